The summed E-state index contributed by atoms with van der Waals surface area (Å²) in [6.45, 7) is 2.19. The van der Waals surface area contributed by atoms with Crippen molar-refractivity contribution < 1.29 is 0 Å². The number of hydrogen-bond donors (Lipinski definition) is 1. The van der Waals surface area contributed by atoms with Crippen LogP contribution in [0.4, 0.5) is 5.69 Å². The van der Waals surface area contributed by atoms with Crippen molar-refractivity contribution in [1.29, 1.82) is 0 Å². The molecular formula is C10H16N4. The predicted molar refractivity (Wildman–Crippen MR) is 56.3 cm³/mol. The zero-order chi connectivity index (χ0) is 9.80. The Morgan fingerprint density at radius 2 is 1.93 bits per heavy atom. The molecule has 14 heavy (non-hydrogen) atoms. The van der Waals surface area contributed by atoms with E-state index < -0.39 is 0 Å². The van der Waals surface area contributed by atoms with Crippen molar-refractivity contribution in [2.75, 3.05) is 25.0 Å². The molecule has 1 fully saturated rings. The van der Waals surface area contributed by atoms with Crippen LogP contribution in [0.5, 0.6) is 0 Å². The first-order valence-electron chi connectivity index (χ1n) is 5.07. The van der Waals surface area contributed by atoms with E-state index in [0.29, 0.717) is 6.04 Å². The summed E-state index contributed by atoms with van der Waals surface area (Å²) in [6, 6.07) is 0.677. The monoisotopic (exact) mass is 192 g/mol. The molecule has 0 aromatic carbocycles. The molecule has 1 aliphatic heterocycles. The molecule has 1 N–H and O–H groups in total. The Labute approximate surface area is 84.4 Å². The van der Waals surface area contributed by atoms with Crippen molar-refractivity contribution in [1.82, 2.24) is 15.3 Å². The molecule has 0 aliphatic carbocycles. The molecule has 0 saturated carbocycles. The minimum atomic E-state index is 0.677. The highest BCUT2D eigenvalue weighted by atomic mass is 15.2. The lowest BCUT2D eigenvalue weighted by atomic mass is 10.1. The van der Waals surface area contributed by atoms with Gasteiger partial charge in [0.05, 0.1) is 18.1 Å². The van der Waals surface area contributed by atoms with Crippen molar-refractivity contribution >= 4 is 5.69 Å². The van der Waals surface area contributed by atoms with Crippen molar-refractivity contribution in [2.45, 2.75) is 18.9 Å². The van der Waals surface area contributed by atoms with E-state index in [-0.39, 0.29) is 0 Å². The third kappa shape index (κ3) is 2.01. The van der Waals surface area contributed by atoms with Crippen LogP contribution in [0, 0.1) is 0 Å². The fraction of sp³-hybridized carbons (Fsp3) is 0.600. The van der Waals surface area contributed by atoms with Crippen LogP contribution in [0.2, 0.25) is 0 Å². The zero-order valence-corrected chi connectivity index (χ0v) is 8.48. The van der Waals surface area contributed by atoms with E-state index in [1.165, 1.54) is 12.8 Å². The van der Waals surface area contributed by atoms with Gasteiger partial charge in [-0.2, -0.15) is 0 Å². The average molecular weight is 192 g/mol. The molecule has 1 aliphatic rings. The highest BCUT2D eigenvalue weighted by Gasteiger charge is 2.17. The maximum atomic E-state index is 4.03. The molecule has 0 unspecified atom stereocenters. The van der Waals surface area contributed by atoms with E-state index in [1.54, 1.807) is 6.33 Å². The number of rotatable bonds is 2. The van der Waals surface area contributed by atoms with Crippen LogP contribution in [0.25, 0.3) is 0 Å². The Hall–Kier alpha value is -1.16. The molecule has 1 aromatic rings. The largest absolute Gasteiger partial charge is 0.369 e. The Morgan fingerprint density at radius 3 is 2.50 bits per heavy atom. The van der Waals surface area contributed by atoms with Crippen LogP contribution in [0.1, 0.15) is 12.8 Å². The van der Waals surface area contributed by atoms with Gasteiger partial charge in [0.1, 0.15) is 6.33 Å². The Morgan fingerprint density at radius 1 is 1.29 bits per heavy atom. The highest BCUT2D eigenvalue weighted by molar-refractivity contribution is 5.41. The third-order valence-electron chi connectivity index (χ3n) is 2.82. The van der Waals surface area contributed by atoms with E-state index >= 15 is 0 Å². The summed E-state index contributed by atoms with van der Waals surface area (Å²) >= 11 is 0. The minimum absolute atomic E-state index is 0.677. The number of anilines is 1. The molecule has 2 heterocycles. The van der Waals surface area contributed by atoms with Gasteiger partial charge in [0.15, 0.2) is 0 Å². The van der Waals surface area contributed by atoms with E-state index in [1.807, 2.05) is 19.4 Å². The Bertz CT molecular complexity index is 267. The highest BCUT2D eigenvalue weighted by Crippen LogP contribution is 2.17. The SMILES string of the molecule is CNC1CCN(c2cncnc2)CC1. The minimum Gasteiger partial charge on any atom is -0.369 e. The molecule has 0 atom stereocenters. The van der Waals surface area contributed by atoms with Crippen LogP contribution < -0.4 is 10.2 Å². The summed E-state index contributed by atoms with van der Waals surface area (Å²) in [6.07, 6.45) is 7.74. The van der Waals surface area contributed by atoms with Crippen LogP contribution in [0.15, 0.2) is 18.7 Å². The summed E-state index contributed by atoms with van der Waals surface area (Å²) in [4.78, 5) is 10.4. The Kier molecular flexibility index (Phi) is 2.93. The van der Waals surface area contributed by atoms with Gasteiger partial charge >= 0.3 is 0 Å². The molecule has 1 saturated heterocycles. The van der Waals surface area contributed by atoms with Crippen LogP contribution in [-0.2, 0) is 0 Å². The molecule has 4 heteroatoms. The molecule has 4 nitrogen and oxygen atoms in total. The fourth-order valence-electron chi connectivity index (χ4n) is 1.88. The van der Waals surface area contributed by atoms with Gasteiger partial charge in [-0.25, -0.2) is 9.97 Å². The maximum Gasteiger partial charge on any atom is 0.115 e. The first-order chi connectivity index (χ1) is 6.90. The maximum absolute atomic E-state index is 4.03. The third-order valence-corrected chi connectivity index (χ3v) is 2.82. The number of nitrogens with one attached hydrogen (secondary N) is 1. The Balaban J connectivity index is 1.96. The predicted octanol–water partition coefficient (Wildman–Crippen LogP) is 0.665. The van der Waals surface area contributed by atoms with E-state index in [0.717, 1.165) is 18.8 Å². The molecule has 2 rings (SSSR count). The summed E-state index contributed by atoms with van der Waals surface area (Å²) in [7, 11) is 2.03. The number of piperidine rings is 1. The fourth-order valence-corrected chi connectivity index (χ4v) is 1.88. The van der Waals surface area contributed by atoms with E-state index in [9.17, 15) is 0 Å². The van der Waals surface area contributed by atoms with Gasteiger partial charge < -0.3 is 10.2 Å². The van der Waals surface area contributed by atoms with Crippen molar-refractivity contribution in [3.63, 3.8) is 0 Å². The molecule has 0 bridgehead atoms. The second-order valence-electron chi connectivity index (χ2n) is 3.65. The van der Waals surface area contributed by atoms with Gasteiger partial charge in [0, 0.05) is 19.1 Å². The quantitative estimate of drug-likeness (QED) is 0.747. The second-order valence-corrected chi connectivity index (χ2v) is 3.65. The van der Waals surface area contributed by atoms with Crippen molar-refractivity contribution in [2.24, 2.45) is 0 Å². The average Bonchev–Trinajstić information content (AvgIpc) is 2.30. The van der Waals surface area contributed by atoms with Gasteiger partial charge in [0.25, 0.3) is 0 Å². The summed E-state index contributed by atoms with van der Waals surface area (Å²) in [5.74, 6) is 0. The van der Waals surface area contributed by atoms with Gasteiger partial charge in [-0.1, -0.05) is 0 Å². The van der Waals surface area contributed by atoms with E-state index in [4.69, 9.17) is 0 Å². The molecule has 0 radical (unpaired) electrons. The second kappa shape index (κ2) is 4.37. The standard InChI is InChI=1S/C10H16N4/c1-11-9-2-4-14(5-3-9)10-6-12-8-13-7-10/h6-9,11H,2-5H2,1H3. The number of nitrogens with zero attached hydrogens (tertiary/aromatic N) is 3. The zero-order valence-electron chi connectivity index (χ0n) is 8.48. The number of aromatic nitrogens is 2. The molecule has 76 valence electrons. The van der Waals surface area contributed by atoms with Crippen molar-refractivity contribution in [3.05, 3.63) is 18.7 Å². The molecular weight excluding hydrogens is 176 g/mol. The van der Waals surface area contributed by atoms with Gasteiger partial charge in [-0.15, -0.1) is 0 Å². The molecule has 1 aromatic heterocycles. The smallest absolute Gasteiger partial charge is 0.115 e. The summed E-state index contributed by atoms with van der Waals surface area (Å²) in [5.41, 5.74) is 1.14. The van der Waals surface area contributed by atoms with Crippen LogP contribution >= 0.6 is 0 Å². The first kappa shape index (κ1) is 9.40. The normalized spacial score (nSPS) is 18.5. The first-order valence-corrected chi connectivity index (χ1v) is 5.07. The van der Waals surface area contributed by atoms with Gasteiger partial charge in [-0.05, 0) is 19.9 Å². The van der Waals surface area contributed by atoms with Crippen LogP contribution in [0.3, 0.4) is 0 Å². The van der Waals surface area contributed by atoms with E-state index in [2.05, 4.69) is 20.2 Å². The van der Waals surface area contributed by atoms with Gasteiger partial charge in [0.2, 0.25) is 0 Å². The molecule has 0 spiro atoms. The van der Waals surface area contributed by atoms with Gasteiger partial charge in [-0.3, -0.25) is 0 Å². The lowest BCUT2D eigenvalue weighted by Gasteiger charge is -2.32. The summed E-state index contributed by atoms with van der Waals surface area (Å²) in [5, 5.41) is 3.32. The lowest BCUT2D eigenvalue weighted by Crippen LogP contribution is -2.41. The lowest BCUT2D eigenvalue weighted by molar-refractivity contribution is 0.442. The van der Waals surface area contributed by atoms with Crippen LogP contribution in [-0.4, -0.2) is 36.1 Å². The number of hydrogen-bond acceptors (Lipinski definition) is 4. The molecule has 0 amide bonds. The summed E-state index contributed by atoms with van der Waals surface area (Å²) < 4.78 is 0. The van der Waals surface area contributed by atoms with Crippen molar-refractivity contribution in [3.8, 4) is 0 Å². The topological polar surface area (TPSA) is 41.0 Å².